The van der Waals surface area contributed by atoms with E-state index in [-0.39, 0.29) is 10.2 Å². The van der Waals surface area contributed by atoms with Gasteiger partial charge in [-0.2, -0.15) is 79.0 Å². The summed E-state index contributed by atoms with van der Waals surface area (Å²) in [7, 11) is 0. The molecule has 0 saturated carbocycles. The van der Waals surface area contributed by atoms with Crippen LogP contribution in [0.1, 0.15) is 0 Å². The zero-order valence-electron chi connectivity index (χ0n) is 11.7. The first-order chi connectivity index (χ1) is 11.7. The average Bonchev–Trinajstić information content (AvgIpc) is 2.42. The molecule has 0 saturated heterocycles. The lowest BCUT2D eigenvalue weighted by atomic mass is 10.1. The van der Waals surface area contributed by atoms with Crippen molar-refractivity contribution in [3.05, 3.63) is 0 Å². The molecular formula is C8F18N2. The van der Waals surface area contributed by atoms with Gasteiger partial charge in [0, 0.05) is 0 Å². The van der Waals surface area contributed by atoms with Crippen LogP contribution in [0, 0.1) is 0 Å². The minimum absolute atomic E-state index is 0.0721. The Hall–Kier alpha value is -1.66. The van der Waals surface area contributed by atoms with E-state index in [0.717, 1.165) is 0 Å². The highest BCUT2D eigenvalue weighted by Crippen LogP contribution is 2.56. The molecule has 0 aliphatic rings. The van der Waals surface area contributed by atoms with Crippen molar-refractivity contribution < 1.29 is 79.0 Å². The van der Waals surface area contributed by atoms with Crippen LogP contribution >= 0.6 is 0 Å². The van der Waals surface area contributed by atoms with Gasteiger partial charge in [-0.3, -0.25) is 0 Å². The summed E-state index contributed by atoms with van der Waals surface area (Å²) in [5.41, 5.74) is 0. The van der Waals surface area contributed by atoms with Gasteiger partial charge in [0.2, 0.25) is 0 Å². The summed E-state index contributed by atoms with van der Waals surface area (Å²) in [4.78, 5) is 0. The SMILES string of the molecule is FC(F)(F)C(F)(F)C(F)(F)C(F)(F)N=NC(F)(F)C(F)(F)C(F)(F)C(F)(F)F. The highest BCUT2D eigenvalue weighted by Gasteiger charge is 2.84. The summed E-state index contributed by atoms with van der Waals surface area (Å²) < 4.78 is 221. The van der Waals surface area contributed by atoms with Crippen LogP contribution in [0.2, 0.25) is 0 Å². The Bertz CT molecular complexity index is 542. The quantitative estimate of drug-likeness (QED) is 0.250. The highest BCUT2D eigenvalue weighted by atomic mass is 19.4. The number of hydrogen-bond acceptors (Lipinski definition) is 2. The van der Waals surface area contributed by atoms with Crippen LogP contribution in [-0.2, 0) is 0 Å². The lowest BCUT2D eigenvalue weighted by Gasteiger charge is -2.32. The molecular weight excluding hydrogens is 466 g/mol. The molecule has 0 bridgehead atoms. The fraction of sp³-hybridized carbons (Fsp3) is 1.00. The second kappa shape index (κ2) is 6.42. The van der Waals surface area contributed by atoms with Gasteiger partial charge in [-0.25, -0.2) is 0 Å². The summed E-state index contributed by atoms with van der Waals surface area (Å²) >= 11 is 0. The number of halogens is 18. The summed E-state index contributed by atoms with van der Waals surface area (Å²) in [6.45, 7) is 0. The van der Waals surface area contributed by atoms with E-state index < -0.39 is 48.1 Å². The van der Waals surface area contributed by atoms with Gasteiger partial charge in [-0.05, 0) is 0 Å². The monoisotopic (exact) mass is 466 g/mol. The number of nitrogens with zero attached hydrogens (tertiary/aromatic N) is 2. The number of azo groups is 1. The van der Waals surface area contributed by atoms with E-state index in [1.807, 2.05) is 0 Å². The predicted molar refractivity (Wildman–Crippen MR) is 46.6 cm³/mol. The summed E-state index contributed by atoms with van der Waals surface area (Å²) in [6.07, 6.45) is -15.0. The molecule has 0 spiro atoms. The van der Waals surface area contributed by atoms with Crippen LogP contribution in [-0.4, -0.2) is 48.1 Å². The molecule has 0 aliphatic carbocycles. The van der Waals surface area contributed by atoms with Gasteiger partial charge in [-0.15, -0.1) is 10.2 Å². The molecule has 0 heterocycles. The first kappa shape index (κ1) is 26.3. The van der Waals surface area contributed by atoms with Gasteiger partial charge in [0.05, 0.1) is 0 Å². The molecule has 0 aromatic carbocycles. The third-order valence-corrected chi connectivity index (χ3v) is 2.56. The van der Waals surface area contributed by atoms with Crippen LogP contribution in [0.3, 0.4) is 0 Å². The Kier molecular flexibility index (Phi) is 6.04. The van der Waals surface area contributed by atoms with E-state index in [1.54, 1.807) is 0 Å². The molecule has 0 atom stereocenters. The Morgan fingerprint density at radius 2 is 0.464 bits per heavy atom. The van der Waals surface area contributed by atoms with Gasteiger partial charge in [0.15, 0.2) is 0 Å². The van der Waals surface area contributed by atoms with Crippen molar-refractivity contribution in [2.45, 2.75) is 48.1 Å². The van der Waals surface area contributed by atoms with Crippen molar-refractivity contribution in [3.8, 4) is 0 Å². The van der Waals surface area contributed by atoms with Gasteiger partial charge in [0.25, 0.3) is 0 Å². The average molecular weight is 466 g/mol. The lowest BCUT2D eigenvalue weighted by Crippen LogP contribution is -2.61. The predicted octanol–water partition coefficient (Wildman–Crippen LogP) is 6.29. The second-order valence-electron chi connectivity index (χ2n) is 4.58. The van der Waals surface area contributed by atoms with Crippen LogP contribution < -0.4 is 0 Å². The second-order valence-corrected chi connectivity index (χ2v) is 4.58. The number of rotatable bonds is 6. The van der Waals surface area contributed by atoms with E-state index >= 15 is 0 Å². The van der Waals surface area contributed by atoms with Crippen molar-refractivity contribution in [1.82, 2.24) is 0 Å². The zero-order valence-corrected chi connectivity index (χ0v) is 11.7. The van der Waals surface area contributed by atoms with Crippen LogP contribution in [0.25, 0.3) is 0 Å². The normalized spacial score (nSPS) is 16.8. The Morgan fingerprint density at radius 3 is 0.607 bits per heavy atom. The van der Waals surface area contributed by atoms with Crippen molar-refractivity contribution in [2.75, 3.05) is 0 Å². The molecule has 0 rings (SSSR count). The number of alkyl halides is 18. The maximum absolute atomic E-state index is 12.7. The first-order valence-corrected chi connectivity index (χ1v) is 5.55. The van der Waals surface area contributed by atoms with Gasteiger partial charge < -0.3 is 0 Å². The smallest absolute Gasteiger partial charge is 0.190 e. The molecule has 0 aliphatic heterocycles. The van der Waals surface area contributed by atoms with E-state index in [9.17, 15) is 79.0 Å². The van der Waals surface area contributed by atoms with Crippen LogP contribution in [0.5, 0.6) is 0 Å². The zero-order chi connectivity index (χ0) is 23.4. The van der Waals surface area contributed by atoms with Crippen molar-refractivity contribution in [2.24, 2.45) is 10.2 Å². The van der Waals surface area contributed by atoms with Crippen LogP contribution in [0.15, 0.2) is 10.2 Å². The molecule has 0 aromatic rings. The molecule has 2 nitrogen and oxygen atoms in total. The van der Waals surface area contributed by atoms with Crippen molar-refractivity contribution >= 4 is 0 Å². The van der Waals surface area contributed by atoms with E-state index in [4.69, 9.17) is 0 Å². The Labute approximate surface area is 139 Å². The Balaban J connectivity index is 6.19. The lowest BCUT2D eigenvalue weighted by molar-refractivity contribution is -0.402. The maximum Gasteiger partial charge on any atom is 0.460 e. The van der Waals surface area contributed by atoms with Gasteiger partial charge in [0.1, 0.15) is 0 Å². The molecule has 168 valence electrons. The largest absolute Gasteiger partial charge is 0.460 e. The highest BCUT2D eigenvalue weighted by molar-refractivity contribution is 5.01. The summed E-state index contributed by atoms with van der Waals surface area (Å²) in [5.74, 6) is -31.1. The molecule has 0 fully saturated rings. The molecule has 20 heteroatoms. The molecule has 0 radical (unpaired) electrons. The van der Waals surface area contributed by atoms with E-state index in [0.29, 0.717) is 0 Å². The molecule has 28 heavy (non-hydrogen) atoms. The maximum atomic E-state index is 12.7. The fourth-order valence-corrected chi connectivity index (χ4v) is 0.985. The minimum Gasteiger partial charge on any atom is -0.190 e. The van der Waals surface area contributed by atoms with Gasteiger partial charge >= 0.3 is 48.1 Å². The number of hydrogen-bond donors (Lipinski definition) is 0. The third kappa shape index (κ3) is 3.77. The van der Waals surface area contributed by atoms with E-state index in [2.05, 4.69) is 0 Å². The van der Waals surface area contributed by atoms with Crippen LogP contribution in [0.4, 0.5) is 79.0 Å². The third-order valence-electron chi connectivity index (χ3n) is 2.56. The summed E-state index contributed by atoms with van der Waals surface area (Å²) in [6, 6.07) is -14.8. The van der Waals surface area contributed by atoms with Crippen molar-refractivity contribution in [1.29, 1.82) is 0 Å². The molecule has 0 aromatic heterocycles. The first-order valence-electron chi connectivity index (χ1n) is 5.55. The molecule has 0 amide bonds. The van der Waals surface area contributed by atoms with Gasteiger partial charge in [-0.1, -0.05) is 0 Å². The minimum atomic E-state index is -7.81. The summed E-state index contributed by atoms with van der Waals surface area (Å²) in [5, 5.41) is 0.144. The van der Waals surface area contributed by atoms with Crippen molar-refractivity contribution in [3.63, 3.8) is 0 Å². The standard InChI is InChI=1S/C8F18N2/c9-1(10,5(17,18)19)3(13,14)7(23,24)27-28-8(25,26)4(15,16)2(11,12)6(20,21)22. The molecule has 0 N–H and O–H groups in total. The molecule has 0 unspecified atom stereocenters. The topological polar surface area (TPSA) is 24.7 Å². The fourth-order valence-electron chi connectivity index (χ4n) is 0.985. The Morgan fingerprint density at radius 1 is 0.286 bits per heavy atom. The van der Waals surface area contributed by atoms with E-state index in [1.165, 1.54) is 0 Å².